The topological polar surface area (TPSA) is 60.9 Å². The largest absolute Gasteiger partial charge is 0.326 e. The number of hydrogen-bond donors (Lipinski definition) is 1. The molecule has 140 valence electrons. The van der Waals surface area contributed by atoms with Crippen LogP contribution in [0.25, 0.3) is 10.9 Å². The van der Waals surface area contributed by atoms with Crippen LogP contribution in [0.5, 0.6) is 0 Å². The second-order valence-electron chi connectivity index (χ2n) is 7.38. The van der Waals surface area contributed by atoms with E-state index < -0.39 is 0 Å². The quantitative estimate of drug-likeness (QED) is 0.718. The van der Waals surface area contributed by atoms with Gasteiger partial charge < -0.3 is 5.73 Å². The van der Waals surface area contributed by atoms with E-state index in [0.29, 0.717) is 29.4 Å². The number of rotatable bonds is 4. The maximum atomic E-state index is 13.3. The number of nitrogens with two attached hydrogens (primary N) is 1. The first kappa shape index (κ1) is 18.2. The molecule has 2 aromatic carbocycles. The average Bonchev–Trinajstić information content (AvgIpc) is 2.71. The fraction of sp³-hybridized carbons (Fsp3) is 0.364. The summed E-state index contributed by atoms with van der Waals surface area (Å²) in [5.41, 5.74) is 8.64. The summed E-state index contributed by atoms with van der Waals surface area (Å²) in [6, 6.07) is 13.5. The number of fused-ring (bicyclic) bond motifs is 1. The van der Waals surface area contributed by atoms with Gasteiger partial charge in [0.25, 0.3) is 5.56 Å². The molecule has 3 aromatic rings. The van der Waals surface area contributed by atoms with Gasteiger partial charge in [0.05, 0.1) is 17.4 Å². The van der Waals surface area contributed by atoms with Crippen LogP contribution >= 0.6 is 11.6 Å². The van der Waals surface area contributed by atoms with Crippen molar-refractivity contribution in [3.05, 3.63) is 74.8 Å². The number of benzene rings is 2. The fourth-order valence-corrected chi connectivity index (χ4v) is 4.25. The molecule has 0 radical (unpaired) electrons. The zero-order chi connectivity index (χ0) is 18.8. The summed E-state index contributed by atoms with van der Waals surface area (Å²) >= 11 is 6.14. The lowest BCUT2D eigenvalue weighted by Crippen LogP contribution is -2.28. The number of aromatic nitrogens is 2. The summed E-state index contributed by atoms with van der Waals surface area (Å²) in [5.74, 6) is 1.25. The third-order valence-electron chi connectivity index (χ3n) is 5.48. The van der Waals surface area contributed by atoms with Gasteiger partial charge in [0.1, 0.15) is 5.82 Å². The molecule has 1 aliphatic rings. The van der Waals surface area contributed by atoms with E-state index in [1.54, 1.807) is 12.1 Å². The maximum absolute atomic E-state index is 13.3. The Kier molecular flexibility index (Phi) is 5.28. The minimum absolute atomic E-state index is 0.0128. The zero-order valence-corrected chi connectivity index (χ0v) is 16.1. The highest BCUT2D eigenvalue weighted by atomic mass is 35.5. The van der Waals surface area contributed by atoms with Gasteiger partial charge in [-0.3, -0.25) is 9.36 Å². The number of hydrogen-bond acceptors (Lipinski definition) is 3. The van der Waals surface area contributed by atoms with Gasteiger partial charge in [0, 0.05) is 17.5 Å². The molecule has 1 saturated carbocycles. The van der Waals surface area contributed by atoms with Crippen molar-refractivity contribution in [2.75, 3.05) is 0 Å². The van der Waals surface area contributed by atoms with E-state index >= 15 is 0 Å². The SMILES string of the molecule is NCc1cccc(Cn2c(C3CCCCC3)nc3ccc(Cl)cc3c2=O)c1. The van der Waals surface area contributed by atoms with Crippen molar-refractivity contribution in [3.8, 4) is 0 Å². The van der Waals surface area contributed by atoms with Crippen LogP contribution in [-0.4, -0.2) is 9.55 Å². The van der Waals surface area contributed by atoms with Crippen molar-refractivity contribution in [2.45, 2.75) is 51.1 Å². The van der Waals surface area contributed by atoms with Crippen molar-refractivity contribution in [1.29, 1.82) is 0 Å². The van der Waals surface area contributed by atoms with Gasteiger partial charge in [0.2, 0.25) is 0 Å². The van der Waals surface area contributed by atoms with Crippen LogP contribution in [-0.2, 0) is 13.1 Å². The van der Waals surface area contributed by atoms with Crippen LogP contribution in [0.1, 0.15) is 55.0 Å². The minimum atomic E-state index is -0.0128. The Hall–Kier alpha value is -2.17. The Morgan fingerprint density at radius 2 is 1.85 bits per heavy atom. The molecule has 1 heterocycles. The first-order valence-electron chi connectivity index (χ1n) is 9.63. The molecule has 0 amide bonds. The van der Waals surface area contributed by atoms with Crippen molar-refractivity contribution in [1.82, 2.24) is 9.55 Å². The summed E-state index contributed by atoms with van der Waals surface area (Å²) in [6.45, 7) is 0.998. The first-order chi connectivity index (χ1) is 13.2. The van der Waals surface area contributed by atoms with Gasteiger partial charge in [-0.05, 0) is 42.2 Å². The lowest BCUT2D eigenvalue weighted by Gasteiger charge is -2.24. The van der Waals surface area contributed by atoms with Crippen LogP contribution in [0, 0.1) is 0 Å². The van der Waals surface area contributed by atoms with Crippen LogP contribution in [0.3, 0.4) is 0 Å². The van der Waals surface area contributed by atoms with Gasteiger partial charge in [0.15, 0.2) is 0 Å². The van der Waals surface area contributed by atoms with E-state index in [-0.39, 0.29) is 5.56 Å². The van der Waals surface area contributed by atoms with E-state index in [1.807, 2.05) is 28.8 Å². The third-order valence-corrected chi connectivity index (χ3v) is 5.72. The van der Waals surface area contributed by atoms with Crippen LogP contribution in [0.4, 0.5) is 0 Å². The highest BCUT2D eigenvalue weighted by Gasteiger charge is 2.22. The Morgan fingerprint density at radius 1 is 1.07 bits per heavy atom. The lowest BCUT2D eigenvalue weighted by atomic mass is 9.88. The Balaban J connectivity index is 1.86. The van der Waals surface area contributed by atoms with E-state index in [4.69, 9.17) is 22.3 Å². The molecule has 0 saturated heterocycles. The van der Waals surface area contributed by atoms with Gasteiger partial charge in [-0.1, -0.05) is 55.1 Å². The van der Waals surface area contributed by atoms with E-state index in [2.05, 4.69) is 6.07 Å². The van der Waals surface area contributed by atoms with Gasteiger partial charge in [-0.2, -0.15) is 0 Å². The fourth-order valence-electron chi connectivity index (χ4n) is 4.07. The van der Waals surface area contributed by atoms with Gasteiger partial charge >= 0.3 is 0 Å². The standard InChI is InChI=1S/C22H24ClN3O/c23-18-9-10-20-19(12-18)22(27)26(14-16-6-4-5-15(11-16)13-24)21(25-20)17-7-2-1-3-8-17/h4-6,9-12,17H,1-3,7-8,13-14,24H2. The molecule has 0 atom stereocenters. The second kappa shape index (κ2) is 7.83. The van der Waals surface area contributed by atoms with Crippen molar-refractivity contribution in [2.24, 2.45) is 5.73 Å². The summed E-state index contributed by atoms with van der Waals surface area (Å²) in [5, 5.41) is 1.14. The highest BCUT2D eigenvalue weighted by molar-refractivity contribution is 6.31. The minimum Gasteiger partial charge on any atom is -0.326 e. The summed E-state index contributed by atoms with van der Waals surface area (Å²) in [7, 11) is 0. The second-order valence-corrected chi connectivity index (χ2v) is 7.82. The van der Waals surface area contributed by atoms with Crippen LogP contribution in [0.2, 0.25) is 5.02 Å². The van der Waals surface area contributed by atoms with Gasteiger partial charge in [-0.15, -0.1) is 0 Å². The molecule has 1 aliphatic carbocycles. The summed E-state index contributed by atoms with van der Waals surface area (Å²) in [6.07, 6.45) is 5.84. The summed E-state index contributed by atoms with van der Waals surface area (Å²) < 4.78 is 1.85. The Bertz CT molecular complexity index is 1020. The Morgan fingerprint density at radius 3 is 2.63 bits per heavy atom. The molecule has 5 heteroatoms. The van der Waals surface area contributed by atoms with Gasteiger partial charge in [-0.25, -0.2) is 4.98 Å². The molecular weight excluding hydrogens is 358 g/mol. The molecule has 4 nitrogen and oxygen atoms in total. The molecule has 0 spiro atoms. The molecule has 0 aliphatic heterocycles. The molecule has 27 heavy (non-hydrogen) atoms. The van der Waals surface area contributed by atoms with E-state index in [1.165, 1.54) is 19.3 Å². The molecule has 4 rings (SSSR count). The normalized spacial score (nSPS) is 15.3. The number of nitrogens with zero attached hydrogens (tertiary/aromatic N) is 2. The van der Waals surface area contributed by atoms with Crippen LogP contribution < -0.4 is 11.3 Å². The zero-order valence-electron chi connectivity index (χ0n) is 15.3. The number of halogens is 1. The average molecular weight is 382 g/mol. The smallest absolute Gasteiger partial charge is 0.261 e. The van der Waals surface area contributed by atoms with E-state index in [0.717, 1.165) is 35.3 Å². The first-order valence-corrected chi connectivity index (χ1v) is 10.0. The monoisotopic (exact) mass is 381 g/mol. The highest BCUT2D eigenvalue weighted by Crippen LogP contribution is 2.32. The molecule has 1 fully saturated rings. The molecule has 2 N–H and O–H groups in total. The van der Waals surface area contributed by atoms with Crippen LogP contribution in [0.15, 0.2) is 47.3 Å². The molecule has 0 unspecified atom stereocenters. The van der Waals surface area contributed by atoms with Crippen molar-refractivity contribution < 1.29 is 0 Å². The van der Waals surface area contributed by atoms with E-state index in [9.17, 15) is 4.79 Å². The molecule has 1 aromatic heterocycles. The third kappa shape index (κ3) is 3.78. The van der Waals surface area contributed by atoms with Crippen molar-refractivity contribution in [3.63, 3.8) is 0 Å². The summed E-state index contributed by atoms with van der Waals surface area (Å²) in [4.78, 5) is 18.3. The molecular formula is C22H24ClN3O. The predicted molar refractivity (Wildman–Crippen MR) is 110 cm³/mol. The van der Waals surface area contributed by atoms with Crippen molar-refractivity contribution >= 4 is 22.5 Å². The lowest BCUT2D eigenvalue weighted by molar-refractivity contribution is 0.413. The molecule has 0 bridgehead atoms. The predicted octanol–water partition coefficient (Wildman–Crippen LogP) is 4.60. The Labute approximate surface area is 164 Å². The maximum Gasteiger partial charge on any atom is 0.261 e.